The molecular weight excluding hydrogens is 270 g/mol. The van der Waals surface area contributed by atoms with E-state index >= 15 is 0 Å². The predicted octanol–water partition coefficient (Wildman–Crippen LogP) is 4.42. The van der Waals surface area contributed by atoms with Gasteiger partial charge in [0.2, 0.25) is 0 Å². The first-order chi connectivity index (χ1) is 10.1. The molecule has 2 nitrogen and oxygen atoms in total. The molecule has 0 aliphatic heterocycles. The summed E-state index contributed by atoms with van der Waals surface area (Å²) in [5, 5.41) is 3.14. The Hall–Kier alpha value is -2.10. The Morgan fingerprint density at radius 3 is 2.19 bits per heavy atom. The monoisotopic (exact) mass is 290 g/mol. The fourth-order valence-corrected chi connectivity index (χ4v) is 2.24. The largest absolute Gasteiger partial charge is 0.381 e. The van der Waals surface area contributed by atoms with Gasteiger partial charge in [-0.25, -0.2) is 8.78 Å². The molecule has 0 saturated carbocycles. The average molecular weight is 290 g/mol. The number of rotatable bonds is 6. The van der Waals surface area contributed by atoms with Crippen LogP contribution in [0.2, 0.25) is 0 Å². The van der Waals surface area contributed by atoms with Crippen molar-refractivity contribution in [3.63, 3.8) is 0 Å². The van der Waals surface area contributed by atoms with Crippen molar-refractivity contribution in [2.75, 3.05) is 23.3 Å². The summed E-state index contributed by atoms with van der Waals surface area (Å²) in [5.41, 5.74) is 2.53. The third-order valence-corrected chi connectivity index (χ3v) is 3.49. The van der Waals surface area contributed by atoms with E-state index in [1.807, 2.05) is 24.3 Å². The van der Waals surface area contributed by atoms with Gasteiger partial charge >= 0.3 is 0 Å². The van der Waals surface area contributed by atoms with Crippen LogP contribution in [0.3, 0.4) is 0 Å². The van der Waals surface area contributed by atoms with Crippen molar-refractivity contribution in [1.29, 1.82) is 0 Å². The Balaban J connectivity index is 2.00. The summed E-state index contributed by atoms with van der Waals surface area (Å²) >= 11 is 0. The molecule has 0 fully saturated rings. The molecule has 0 aliphatic rings. The third-order valence-electron chi connectivity index (χ3n) is 3.49. The zero-order valence-electron chi connectivity index (χ0n) is 12.4. The van der Waals surface area contributed by atoms with Crippen LogP contribution in [-0.2, 0) is 6.54 Å². The molecule has 0 aliphatic carbocycles. The van der Waals surface area contributed by atoms with Crippen LogP contribution in [0.4, 0.5) is 20.2 Å². The first kappa shape index (κ1) is 15.3. The summed E-state index contributed by atoms with van der Waals surface area (Å²) in [6, 6.07) is 11.6. The molecule has 4 heteroatoms. The van der Waals surface area contributed by atoms with Crippen LogP contribution in [0.1, 0.15) is 19.4 Å². The van der Waals surface area contributed by atoms with Gasteiger partial charge in [-0.1, -0.05) is 6.07 Å². The van der Waals surface area contributed by atoms with Crippen molar-refractivity contribution < 1.29 is 8.78 Å². The number of nitrogens with zero attached hydrogens (tertiary/aromatic N) is 1. The van der Waals surface area contributed by atoms with E-state index in [0.717, 1.165) is 24.8 Å². The van der Waals surface area contributed by atoms with Gasteiger partial charge in [-0.3, -0.25) is 0 Å². The van der Waals surface area contributed by atoms with Crippen molar-refractivity contribution in [1.82, 2.24) is 0 Å². The summed E-state index contributed by atoms with van der Waals surface area (Å²) in [4.78, 5) is 2.25. The molecule has 1 N–H and O–H groups in total. The normalized spacial score (nSPS) is 10.5. The van der Waals surface area contributed by atoms with Crippen molar-refractivity contribution in [2.45, 2.75) is 20.4 Å². The predicted molar refractivity (Wildman–Crippen MR) is 83.7 cm³/mol. The molecule has 2 rings (SSSR count). The summed E-state index contributed by atoms with van der Waals surface area (Å²) in [5.74, 6) is -1.08. The van der Waals surface area contributed by atoms with Gasteiger partial charge in [-0.2, -0.15) is 0 Å². The highest BCUT2D eigenvalue weighted by atomic mass is 19.1. The van der Waals surface area contributed by atoms with Gasteiger partial charge in [0.05, 0.1) is 0 Å². The summed E-state index contributed by atoms with van der Waals surface area (Å²) in [6.07, 6.45) is 0. The van der Waals surface area contributed by atoms with E-state index in [2.05, 4.69) is 24.1 Å². The second-order valence-electron chi connectivity index (χ2n) is 4.81. The van der Waals surface area contributed by atoms with E-state index < -0.39 is 11.6 Å². The molecule has 0 saturated heterocycles. The number of nitrogens with one attached hydrogen (secondary N) is 1. The number of anilines is 2. The molecule has 0 atom stereocenters. The van der Waals surface area contributed by atoms with Gasteiger partial charge in [0, 0.05) is 42.6 Å². The Morgan fingerprint density at radius 2 is 1.62 bits per heavy atom. The minimum Gasteiger partial charge on any atom is -0.381 e. The molecule has 2 aromatic rings. The van der Waals surface area contributed by atoms with E-state index in [9.17, 15) is 8.78 Å². The van der Waals surface area contributed by atoms with E-state index in [1.54, 1.807) is 0 Å². The van der Waals surface area contributed by atoms with Crippen LogP contribution in [0.5, 0.6) is 0 Å². The quantitative estimate of drug-likeness (QED) is 0.847. The Labute approximate surface area is 124 Å². The van der Waals surface area contributed by atoms with Crippen LogP contribution in [0, 0.1) is 11.6 Å². The minimum absolute atomic E-state index is 0.330. The highest BCUT2D eigenvalue weighted by Gasteiger charge is 2.04. The summed E-state index contributed by atoms with van der Waals surface area (Å²) in [6.45, 7) is 6.49. The molecule has 0 aromatic heterocycles. The highest BCUT2D eigenvalue weighted by Crippen LogP contribution is 2.19. The van der Waals surface area contributed by atoms with Crippen LogP contribution in [0.15, 0.2) is 42.5 Å². The summed E-state index contributed by atoms with van der Waals surface area (Å²) < 4.78 is 26.4. The standard InChI is InChI=1S/C17H20F2N2/c1-3-21(4-2)16-9-7-15(8-10-16)20-12-13-5-6-14(18)11-17(13)19/h5-11,20H,3-4,12H2,1-2H3. The van der Waals surface area contributed by atoms with Crippen molar-refractivity contribution in [3.8, 4) is 0 Å². The summed E-state index contributed by atoms with van der Waals surface area (Å²) in [7, 11) is 0. The fourth-order valence-electron chi connectivity index (χ4n) is 2.24. The Kier molecular flexibility index (Phi) is 5.14. The first-order valence-electron chi connectivity index (χ1n) is 7.16. The molecule has 21 heavy (non-hydrogen) atoms. The van der Waals surface area contributed by atoms with Crippen LogP contribution in [0.25, 0.3) is 0 Å². The zero-order valence-corrected chi connectivity index (χ0v) is 12.4. The number of halogens is 2. The maximum atomic E-state index is 13.5. The van der Waals surface area contributed by atoms with Gasteiger partial charge in [-0.05, 0) is 44.2 Å². The number of hydrogen-bond donors (Lipinski definition) is 1. The SMILES string of the molecule is CCN(CC)c1ccc(NCc2ccc(F)cc2F)cc1. The Morgan fingerprint density at radius 1 is 0.952 bits per heavy atom. The van der Waals surface area contributed by atoms with Crippen molar-refractivity contribution in [3.05, 3.63) is 59.7 Å². The molecule has 0 bridgehead atoms. The molecule has 0 radical (unpaired) electrons. The lowest BCUT2D eigenvalue weighted by Gasteiger charge is -2.21. The van der Waals surface area contributed by atoms with Crippen LogP contribution in [-0.4, -0.2) is 13.1 Å². The number of benzene rings is 2. The van der Waals surface area contributed by atoms with Gasteiger partial charge in [0.1, 0.15) is 11.6 Å². The molecular formula is C17H20F2N2. The minimum atomic E-state index is -0.556. The lowest BCUT2D eigenvalue weighted by atomic mass is 10.2. The molecule has 0 amide bonds. The lowest BCUT2D eigenvalue weighted by Crippen LogP contribution is -2.21. The zero-order chi connectivity index (χ0) is 15.2. The van der Waals surface area contributed by atoms with E-state index in [0.29, 0.717) is 12.1 Å². The van der Waals surface area contributed by atoms with E-state index in [1.165, 1.54) is 17.8 Å². The molecule has 0 heterocycles. The second kappa shape index (κ2) is 7.07. The number of hydrogen-bond acceptors (Lipinski definition) is 2. The highest BCUT2D eigenvalue weighted by molar-refractivity contribution is 5.55. The Bertz CT molecular complexity index is 578. The third kappa shape index (κ3) is 3.94. The lowest BCUT2D eigenvalue weighted by molar-refractivity contribution is 0.574. The van der Waals surface area contributed by atoms with Gasteiger partial charge in [0.25, 0.3) is 0 Å². The maximum Gasteiger partial charge on any atom is 0.131 e. The smallest absolute Gasteiger partial charge is 0.131 e. The van der Waals surface area contributed by atoms with E-state index in [4.69, 9.17) is 0 Å². The van der Waals surface area contributed by atoms with Gasteiger partial charge in [-0.15, -0.1) is 0 Å². The fraction of sp³-hybridized carbons (Fsp3) is 0.294. The molecule has 0 spiro atoms. The molecule has 0 unspecified atom stereocenters. The average Bonchev–Trinajstić information content (AvgIpc) is 2.49. The molecule has 112 valence electrons. The van der Waals surface area contributed by atoms with Crippen molar-refractivity contribution >= 4 is 11.4 Å². The van der Waals surface area contributed by atoms with Crippen LogP contribution >= 0.6 is 0 Å². The van der Waals surface area contributed by atoms with Gasteiger partial charge < -0.3 is 10.2 Å². The molecule has 2 aromatic carbocycles. The maximum absolute atomic E-state index is 13.5. The topological polar surface area (TPSA) is 15.3 Å². The van der Waals surface area contributed by atoms with Gasteiger partial charge in [0.15, 0.2) is 0 Å². The van der Waals surface area contributed by atoms with Crippen LogP contribution < -0.4 is 10.2 Å². The first-order valence-corrected chi connectivity index (χ1v) is 7.16. The van der Waals surface area contributed by atoms with E-state index in [-0.39, 0.29) is 0 Å². The second-order valence-corrected chi connectivity index (χ2v) is 4.81. The van der Waals surface area contributed by atoms with Crippen molar-refractivity contribution in [2.24, 2.45) is 0 Å².